The van der Waals surface area contributed by atoms with Crippen LogP contribution in [-0.2, 0) is 16.8 Å². The minimum atomic E-state index is -3.68. The van der Waals surface area contributed by atoms with E-state index in [1.54, 1.807) is 18.2 Å². The van der Waals surface area contributed by atoms with Gasteiger partial charge in [0.1, 0.15) is 0 Å². The molecule has 0 spiro atoms. The first-order valence-electron chi connectivity index (χ1n) is 4.83. The first kappa shape index (κ1) is 13.8. The fraction of sp³-hybridized carbons (Fsp3) is 0.400. The van der Waals surface area contributed by atoms with Crippen molar-refractivity contribution in [1.29, 1.82) is 0 Å². The van der Waals surface area contributed by atoms with E-state index in [0.717, 1.165) is 9.87 Å². The van der Waals surface area contributed by atoms with Crippen molar-refractivity contribution in [3.05, 3.63) is 23.8 Å². The number of hydrogen-bond donors (Lipinski definition) is 1. The summed E-state index contributed by atoms with van der Waals surface area (Å²) in [6.45, 7) is 0.180. The summed E-state index contributed by atoms with van der Waals surface area (Å²) in [6.07, 6.45) is 0. The Labute approximate surface area is 101 Å². The van der Waals surface area contributed by atoms with Crippen molar-refractivity contribution in [1.82, 2.24) is 4.31 Å². The predicted molar refractivity (Wildman–Crippen MR) is 64.1 cm³/mol. The molecule has 1 aromatic rings. The van der Waals surface area contributed by atoms with Gasteiger partial charge < -0.3 is 9.47 Å². The van der Waals surface area contributed by atoms with Crippen molar-refractivity contribution < 1.29 is 17.9 Å². The third kappa shape index (κ3) is 3.58. The van der Waals surface area contributed by atoms with Crippen LogP contribution < -0.4 is 14.6 Å². The van der Waals surface area contributed by atoms with E-state index in [1.807, 2.05) is 0 Å². The van der Waals surface area contributed by atoms with E-state index in [2.05, 4.69) is 0 Å². The monoisotopic (exact) mass is 260 g/mol. The van der Waals surface area contributed by atoms with Crippen LogP contribution in [0.2, 0.25) is 0 Å². The summed E-state index contributed by atoms with van der Waals surface area (Å²) in [6, 6.07) is 5.18. The molecule has 0 amide bonds. The lowest BCUT2D eigenvalue weighted by Crippen LogP contribution is -2.32. The van der Waals surface area contributed by atoms with Gasteiger partial charge in [0.2, 0.25) is 0 Å². The van der Waals surface area contributed by atoms with Gasteiger partial charge in [0.25, 0.3) is 10.2 Å². The molecule has 0 saturated heterocycles. The van der Waals surface area contributed by atoms with Gasteiger partial charge in [0.15, 0.2) is 11.5 Å². The highest BCUT2D eigenvalue weighted by Gasteiger charge is 2.13. The molecule has 96 valence electrons. The summed E-state index contributed by atoms with van der Waals surface area (Å²) in [5.74, 6) is 1.14. The molecule has 2 N–H and O–H groups in total. The molecule has 1 aromatic carbocycles. The third-order valence-electron chi connectivity index (χ3n) is 2.29. The van der Waals surface area contributed by atoms with Gasteiger partial charge in [-0.15, -0.1) is 0 Å². The van der Waals surface area contributed by atoms with Crippen molar-refractivity contribution in [2.24, 2.45) is 5.14 Å². The first-order valence-corrected chi connectivity index (χ1v) is 6.33. The number of hydrogen-bond acceptors (Lipinski definition) is 4. The Morgan fingerprint density at radius 2 is 1.82 bits per heavy atom. The number of ether oxygens (including phenoxy) is 2. The van der Waals surface area contributed by atoms with Crippen molar-refractivity contribution >= 4 is 10.2 Å². The molecule has 0 heterocycles. The lowest BCUT2D eigenvalue weighted by atomic mass is 10.2. The van der Waals surface area contributed by atoms with Crippen LogP contribution in [-0.4, -0.2) is 34.0 Å². The molecule has 0 saturated carbocycles. The van der Waals surface area contributed by atoms with Gasteiger partial charge in [-0.05, 0) is 17.7 Å². The molecule has 0 aromatic heterocycles. The van der Waals surface area contributed by atoms with E-state index in [1.165, 1.54) is 21.3 Å². The second-order valence-electron chi connectivity index (χ2n) is 3.49. The molecule has 0 bridgehead atoms. The van der Waals surface area contributed by atoms with Gasteiger partial charge in [-0.25, -0.2) is 5.14 Å². The molecule has 0 fully saturated rings. The fourth-order valence-corrected chi connectivity index (χ4v) is 1.66. The zero-order valence-corrected chi connectivity index (χ0v) is 10.8. The van der Waals surface area contributed by atoms with E-state index in [0.29, 0.717) is 11.5 Å². The van der Waals surface area contributed by atoms with E-state index in [9.17, 15) is 8.42 Å². The van der Waals surface area contributed by atoms with E-state index in [-0.39, 0.29) is 6.54 Å². The summed E-state index contributed by atoms with van der Waals surface area (Å²) >= 11 is 0. The van der Waals surface area contributed by atoms with Crippen LogP contribution in [0, 0.1) is 0 Å². The van der Waals surface area contributed by atoms with E-state index in [4.69, 9.17) is 14.6 Å². The lowest BCUT2D eigenvalue weighted by molar-refractivity contribution is 0.354. The highest BCUT2D eigenvalue weighted by molar-refractivity contribution is 7.86. The SMILES string of the molecule is COc1ccc(CN(C)S(N)(=O)=O)cc1OC. The molecule has 0 atom stereocenters. The van der Waals surface area contributed by atoms with Gasteiger partial charge in [0.05, 0.1) is 14.2 Å². The zero-order valence-electron chi connectivity index (χ0n) is 10.0. The molecule has 1 rings (SSSR count). The van der Waals surface area contributed by atoms with Crippen molar-refractivity contribution in [2.75, 3.05) is 21.3 Å². The van der Waals surface area contributed by atoms with E-state index >= 15 is 0 Å². The quantitative estimate of drug-likeness (QED) is 0.827. The second-order valence-corrected chi connectivity index (χ2v) is 5.14. The van der Waals surface area contributed by atoms with Gasteiger partial charge in [-0.3, -0.25) is 0 Å². The van der Waals surface area contributed by atoms with E-state index < -0.39 is 10.2 Å². The Morgan fingerprint density at radius 3 is 2.29 bits per heavy atom. The molecular formula is C10H16N2O4S. The summed E-state index contributed by atoms with van der Waals surface area (Å²) < 4.78 is 33.4. The molecule has 0 radical (unpaired) electrons. The van der Waals surface area contributed by atoms with Gasteiger partial charge in [0, 0.05) is 13.6 Å². The number of nitrogens with zero attached hydrogens (tertiary/aromatic N) is 1. The van der Waals surface area contributed by atoms with Crippen LogP contribution in [0.25, 0.3) is 0 Å². The smallest absolute Gasteiger partial charge is 0.276 e. The number of rotatable bonds is 5. The molecule has 6 nitrogen and oxygen atoms in total. The van der Waals surface area contributed by atoms with Crippen LogP contribution in [0.4, 0.5) is 0 Å². The maximum absolute atomic E-state index is 11.1. The highest BCUT2D eigenvalue weighted by Crippen LogP contribution is 2.27. The van der Waals surface area contributed by atoms with Crippen LogP contribution >= 0.6 is 0 Å². The Kier molecular flexibility index (Phi) is 4.33. The largest absolute Gasteiger partial charge is 0.493 e. The van der Waals surface area contributed by atoms with Gasteiger partial charge in [-0.2, -0.15) is 12.7 Å². The Bertz CT molecular complexity index is 487. The number of nitrogens with two attached hydrogens (primary N) is 1. The molecular weight excluding hydrogens is 244 g/mol. The van der Waals surface area contributed by atoms with Crippen LogP contribution in [0.1, 0.15) is 5.56 Å². The summed E-state index contributed by atoms with van der Waals surface area (Å²) in [4.78, 5) is 0. The van der Waals surface area contributed by atoms with Crippen molar-refractivity contribution in [2.45, 2.75) is 6.54 Å². The standard InChI is InChI=1S/C10H16N2O4S/c1-12(17(11,13)14)7-8-4-5-9(15-2)10(6-8)16-3/h4-6H,7H2,1-3H3,(H2,11,13,14). The van der Waals surface area contributed by atoms with Crippen molar-refractivity contribution in [3.8, 4) is 11.5 Å². The third-order valence-corrected chi connectivity index (χ3v) is 3.29. The summed E-state index contributed by atoms with van der Waals surface area (Å²) in [5.41, 5.74) is 0.763. The highest BCUT2D eigenvalue weighted by atomic mass is 32.2. The molecule has 0 aliphatic rings. The Balaban J connectivity index is 2.94. The number of methoxy groups -OCH3 is 2. The molecule has 0 unspecified atom stereocenters. The Morgan fingerprint density at radius 1 is 1.24 bits per heavy atom. The molecule has 0 aliphatic heterocycles. The van der Waals surface area contributed by atoms with Crippen LogP contribution in [0.5, 0.6) is 11.5 Å². The topological polar surface area (TPSA) is 81.9 Å². The maximum Gasteiger partial charge on any atom is 0.276 e. The van der Waals surface area contributed by atoms with Crippen molar-refractivity contribution in [3.63, 3.8) is 0 Å². The number of benzene rings is 1. The normalized spacial score (nSPS) is 11.6. The first-order chi connectivity index (χ1) is 7.88. The second kappa shape index (κ2) is 5.35. The van der Waals surface area contributed by atoms with Gasteiger partial charge >= 0.3 is 0 Å². The minimum absolute atomic E-state index is 0.180. The zero-order chi connectivity index (χ0) is 13.1. The lowest BCUT2D eigenvalue weighted by Gasteiger charge is -2.15. The van der Waals surface area contributed by atoms with Gasteiger partial charge in [-0.1, -0.05) is 6.07 Å². The van der Waals surface area contributed by atoms with Crippen LogP contribution in [0.15, 0.2) is 18.2 Å². The maximum atomic E-state index is 11.1. The van der Waals surface area contributed by atoms with Crippen LogP contribution in [0.3, 0.4) is 0 Å². The average Bonchev–Trinajstić information content (AvgIpc) is 2.27. The molecule has 7 heteroatoms. The summed E-state index contributed by atoms with van der Waals surface area (Å²) in [7, 11) is 0.788. The predicted octanol–water partition coefficient (Wildman–Crippen LogP) is 0.339. The minimum Gasteiger partial charge on any atom is -0.493 e. The fourth-order valence-electron chi connectivity index (χ4n) is 1.33. The Hall–Kier alpha value is -1.31. The molecule has 17 heavy (non-hydrogen) atoms. The summed E-state index contributed by atoms with van der Waals surface area (Å²) in [5, 5.41) is 5.00. The average molecular weight is 260 g/mol. The molecule has 0 aliphatic carbocycles.